The van der Waals surface area contributed by atoms with Crippen LogP contribution in [0.3, 0.4) is 0 Å². The number of likely N-dealkylation sites (tertiary alicyclic amines) is 1. The first-order valence-electron chi connectivity index (χ1n) is 10.5. The Kier molecular flexibility index (Phi) is 7.53. The lowest BCUT2D eigenvalue weighted by Crippen LogP contribution is -2.34. The van der Waals surface area contributed by atoms with Crippen LogP contribution in [0.4, 0.5) is 5.69 Å². The van der Waals surface area contributed by atoms with Crippen molar-refractivity contribution in [2.45, 2.75) is 52.6 Å². The Bertz CT molecular complexity index is 897. The first kappa shape index (κ1) is 22.3. The Hall–Kier alpha value is -2.34. The number of nitrogens with one attached hydrogen (secondary N) is 1. The van der Waals surface area contributed by atoms with Gasteiger partial charge in [0.1, 0.15) is 5.75 Å². The summed E-state index contributed by atoms with van der Waals surface area (Å²) in [5.41, 5.74) is 2.96. The van der Waals surface area contributed by atoms with Crippen LogP contribution in [0.1, 0.15) is 54.1 Å². The maximum atomic E-state index is 13.1. The van der Waals surface area contributed by atoms with Crippen LogP contribution < -0.4 is 10.1 Å². The van der Waals surface area contributed by atoms with Gasteiger partial charge in [-0.3, -0.25) is 9.59 Å². The molecule has 1 unspecified atom stereocenters. The van der Waals surface area contributed by atoms with E-state index in [2.05, 4.69) is 21.2 Å². The van der Waals surface area contributed by atoms with Gasteiger partial charge in [-0.15, -0.1) is 0 Å². The molecule has 6 heteroatoms. The molecule has 2 aromatic rings. The largest absolute Gasteiger partial charge is 0.480 e. The van der Waals surface area contributed by atoms with E-state index in [1.807, 2.05) is 43.0 Å². The molecule has 0 spiro atoms. The number of benzene rings is 2. The van der Waals surface area contributed by atoms with Crippen LogP contribution in [0.25, 0.3) is 0 Å². The van der Waals surface area contributed by atoms with E-state index in [0.717, 1.165) is 54.4 Å². The lowest BCUT2D eigenvalue weighted by molar-refractivity contribution is -0.122. The van der Waals surface area contributed by atoms with Gasteiger partial charge in [-0.1, -0.05) is 40.9 Å². The molecule has 30 heavy (non-hydrogen) atoms. The van der Waals surface area contributed by atoms with Crippen LogP contribution in [0.2, 0.25) is 0 Å². The Morgan fingerprint density at radius 1 is 1.03 bits per heavy atom. The van der Waals surface area contributed by atoms with Crippen molar-refractivity contribution in [2.24, 2.45) is 0 Å². The topological polar surface area (TPSA) is 58.6 Å². The number of hydrogen-bond donors (Lipinski definition) is 1. The van der Waals surface area contributed by atoms with Crippen molar-refractivity contribution in [3.05, 3.63) is 57.6 Å². The minimum Gasteiger partial charge on any atom is -0.480 e. The fraction of sp³-hybridized carbons (Fsp3) is 0.417. The molecule has 1 saturated heterocycles. The minimum absolute atomic E-state index is 0.0269. The summed E-state index contributed by atoms with van der Waals surface area (Å²) in [6, 6.07) is 11.1. The normalized spacial score (nSPS) is 15.3. The number of ether oxygens (including phenoxy) is 1. The number of halogens is 1. The van der Waals surface area contributed by atoms with E-state index in [0.29, 0.717) is 17.0 Å². The van der Waals surface area contributed by atoms with Crippen molar-refractivity contribution >= 4 is 33.4 Å². The number of amides is 2. The number of anilines is 1. The van der Waals surface area contributed by atoms with Gasteiger partial charge < -0.3 is 15.0 Å². The van der Waals surface area contributed by atoms with Crippen molar-refractivity contribution in [3.63, 3.8) is 0 Å². The second kappa shape index (κ2) is 10.1. The monoisotopic (exact) mass is 472 g/mol. The number of rotatable bonds is 5. The van der Waals surface area contributed by atoms with Gasteiger partial charge in [-0.05, 0) is 69.0 Å². The molecule has 1 fully saturated rings. The van der Waals surface area contributed by atoms with Gasteiger partial charge in [0.05, 0.1) is 11.3 Å². The number of aryl methyl sites for hydroxylation is 2. The van der Waals surface area contributed by atoms with Gasteiger partial charge in [-0.2, -0.15) is 0 Å². The molecule has 2 amide bonds. The number of hydrogen-bond acceptors (Lipinski definition) is 3. The van der Waals surface area contributed by atoms with Gasteiger partial charge >= 0.3 is 0 Å². The van der Waals surface area contributed by atoms with Crippen LogP contribution in [-0.2, 0) is 4.79 Å². The first-order chi connectivity index (χ1) is 14.4. The van der Waals surface area contributed by atoms with E-state index in [9.17, 15) is 9.59 Å². The fourth-order valence-electron chi connectivity index (χ4n) is 3.77. The number of carbonyl (C=O) groups is 2. The second-order valence-corrected chi connectivity index (χ2v) is 8.79. The van der Waals surface area contributed by atoms with Crippen LogP contribution in [0, 0.1) is 13.8 Å². The molecular weight excluding hydrogens is 444 g/mol. The van der Waals surface area contributed by atoms with Crippen molar-refractivity contribution in [2.75, 3.05) is 18.4 Å². The quantitative estimate of drug-likeness (QED) is 0.625. The number of carbonyl (C=O) groups excluding carboxylic acids is 2. The molecule has 5 nitrogen and oxygen atoms in total. The zero-order chi connectivity index (χ0) is 21.7. The molecular formula is C24H29BrN2O3. The second-order valence-electron chi connectivity index (χ2n) is 7.87. The first-order valence-corrected chi connectivity index (χ1v) is 11.3. The molecule has 0 radical (unpaired) electrons. The summed E-state index contributed by atoms with van der Waals surface area (Å²) in [7, 11) is 0. The Balaban J connectivity index is 1.73. The van der Waals surface area contributed by atoms with Gasteiger partial charge in [0.2, 0.25) is 0 Å². The molecule has 1 atom stereocenters. The SMILES string of the molecule is Cc1cc(Br)cc(C)c1OC(C)C(=O)Nc1ccccc1C(=O)N1CCCCCC1. The summed E-state index contributed by atoms with van der Waals surface area (Å²) in [4.78, 5) is 27.8. The van der Waals surface area contributed by atoms with Gasteiger partial charge in [-0.25, -0.2) is 0 Å². The summed E-state index contributed by atoms with van der Waals surface area (Å²) in [6.07, 6.45) is 3.66. The molecule has 2 aromatic carbocycles. The molecule has 1 aliphatic heterocycles. The van der Waals surface area contributed by atoms with E-state index in [1.165, 1.54) is 0 Å². The average molecular weight is 473 g/mol. The predicted octanol–water partition coefficient (Wildman–Crippen LogP) is 5.49. The van der Waals surface area contributed by atoms with E-state index >= 15 is 0 Å². The zero-order valence-corrected chi connectivity index (χ0v) is 19.4. The van der Waals surface area contributed by atoms with E-state index in [-0.39, 0.29) is 11.8 Å². The highest BCUT2D eigenvalue weighted by atomic mass is 79.9. The van der Waals surface area contributed by atoms with Gasteiger partial charge in [0.25, 0.3) is 11.8 Å². The average Bonchev–Trinajstić information content (AvgIpc) is 3.00. The van der Waals surface area contributed by atoms with Crippen LogP contribution in [0.15, 0.2) is 40.9 Å². The third kappa shape index (κ3) is 5.42. The van der Waals surface area contributed by atoms with Gasteiger partial charge in [0, 0.05) is 17.6 Å². The van der Waals surface area contributed by atoms with E-state index in [4.69, 9.17) is 4.74 Å². The molecule has 1 N–H and O–H groups in total. The van der Waals surface area contributed by atoms with Crippen molar-refractivity contribution in [1.82, 2.24) is 4.90 Å². The van der Waals surface area contributed by atoms with Crippen LogP contribution >= 0.6 is 15.9 Å². The van der Waals surface area contributed by atoms with Crippen LogP contribution in [-0.4, -0.2) is 35.9 Å². The maximum Gasteiger partial charge on any atom is 0.265 e. The minimum atomic E-state index is -0.704. The Morgan fingerprint density at radius 2 is 1.63 bits per heavy atom. The number of para-hydroxylation sites is 1. The maximum absolute atomic E-state index is 13.1. The van der Waals surface area contributed by atoms with Crippen LogP contribution in [0.5, 0.6) is 5.75 Å². The Morgan fingerprint density at radius 3 is 2.27 bits per heavy atom. The lowest BCUT2D eigenvalue weighted by atomic mass is 10.1. The van der Waals surface area contributed by atoms with E-state index < -0.39 is 6.10 Å². The van der Waals surface area contributed by atoms with Gasteiger partial charge in [0.15, 0.2) is 6.10 Å². The van der Waals surface area contributed by atoms with E-state index in [1.54, 1.807) is 19.1 Å². The molecule has 160 valence electrons. The standard InChI is InChI=1S/C24H29BrN2O3/c1-16-14-19(25)15-17(2)22(16)30-18(3)23(28)26-21-11-7-6-10-20(21)24(29)27-12-8-4-5-9-13-27/h6-7,10-11,14-15,18H,4-5,8-9,12-13H2,1-3H3,(H,26,28). The predicted molar refractivity (Wildman–Crippen MR) is 123 cm³/mol. The highest BCUT2D eigenvalue weighted by Gasteiger charge is 2.23. The molecule has 1 heterocycles. The van der Waals surface area contributed by atoms with Crippen molar-refractivity contribution in [3.8, 4) is 5.75 Å². The molecule has 3 rings (SSSR count). The molecule has 0 bridgehead atoms. The summed E-state index contributed by atoms with van der Waals surface area (Å²) in [5.74, 6) is 0.392. The summed E-state index contributed by atoms with van der Waals surface area (Å²) in [6.45, 7) is 7.15. The smallest absolute Gasteiger partial charge is 0.265 e. The van der Waals surface area contributed by atoms with Crippen molar-refractivity contribution < 1.29 is 14.3 Å². The molecule has 0 saturated carbocycles. The Labute approximate surface area is 186 Å². The number of nitrogens with zero attached hydrogens (tertiary/aromatic N) is 1. The lowest BCUT2D eigenvalue weighted by Gasteiger charge is -2.23. The third-order valence-corrected chi connectivity index (χ3v) is 5.86. The van der Waals surface area contributed by atoms with Crippen molar-refractivity contribution in [1.29, 1.82) is 0 Å². The summed E-state index contributed by atoms with van der Waals surface area (Å²) >= 11 is 3.47. The zero-order valence-electron chi connectivity index (χ0n) is 17.8. The highest BCUT2D eigenvalue weighted by molar-refractivity contribution is 9.10. The molecule has 0 aliphatic carbocycles. The molecule has 1 aliphatic rings. The fourth-order valence-corrected chi connectivity index (χ4v) is 4.46. The molecule has 0 aromatic heterocycles. The third-order valence-electron chi connectivity index (χ3n) is 5.40. The highest BCUT2D eigenvalue weighted by Crippen LogP contribution is 2.28. The summed E-state index contributed by atoms with van der Waals surface area (Å²) in [5, 5.41) is 2.90. The summed E-state index contributed by atoms with van der Waals surface area (Å²) < 4.78 is 6.94.